The van der Waals surface area contributed by atoms with Gasteiger partial charge in [0.2, 0.25) is 0 Å². The lowest BCUT2D eigenvalue weighted by atomic mass is 10.00. The van der Waals surface area contributed by atoms with E-state index in [9.17, 15) is 14.4 Å². The van der Waals surface area contributed by atoms with Gasteiger partial charge in [-0.2, -0.15) is 5.21 Å². The summed E-state index contributed by atoms with van der Waals surface area (Å²) in [5.41, 5.74) is -2.24. The predicted octanol–water partition coefficient (Wildman–Crippen LogP) is -0.332. The molecule has 4 rings (SSSR count). The molecule has 2 unspecified atom stereocenters. The number of nitrogens with one attached hydrogen (secondary N) is 2. The number of H-pyrrole nitrogens is 1. The Hall–Kier alpha value is -3.29. The molecule has 4 heterocycles. The van der Waals surface area contributed by atoms with Gasteiger partial charge >= 0.3 is 12.1 Å². The Morgan fingerprint density at radius 3 is 2.55 bits per heavy atom. The Morgan fingerprint density at radius 1 is 1.26 bits per heavy atom. The van der Waals surface area contributed by atoms with Gasteiger partial charge in [0.15, 0.2) is 6.17 Å². The number of ether oxygens (including phenoxy) is 2. The van der Waals surface area contributed by atoms with Gasteiger partial charge in [-0.1, -0.05) is 5.10 Å². The van der Waals surface area contributed by atoms with E-state index in [0.29, 0.717) is 25.9 Å². The van der Waals surface area contributed by atoms with E-state index in [1.165, 1.54) is 18.3 Å². The first-order chi connectivity index (χ1) is 14.7. The van der Waals surface area contributed by atoms with Crippen molar-refractivity contribution in [3.63, 3.8) is 0 Å². The summed E-state index contributed by atoms with van der Waals surface area (Å²) in [6, 6.07) is -0.816. The van der Waals surface area contributed by atoms with Crippen LogP contribution in [0.15, 0.2) is 4.99 Å². The second kappa shape index (κ2) is 7.44. The van der Waals surface area contributed by atoms with Crippen molar-refractivity contribution in [3.8, 4) is 0 Å². The highest BCUT2D eigenvalue weighted by molar-refractivity contribution is 6.10. The Balaban J connectivity index is 1.55. The molecule has 0 bridgehead atoms. The molecule has 3 aliphatic heterocycles. The molecule has 31 heavy (non-hydrogen) atoms. The molecule has 168 valence electrons. The third-order valence-corrected chi connectivity index (χ3v) is 5.42. The maximum absolute atomic E-state index is 12.7. The van der Waals surface area contributed by atoms with E-state index in [2.05, 4.69) is 30.9 Å². The predicted molar refractivity (Wildman–Crippen MR) is 105 cm³/mol. The molecule has 2 saturated heterocycles. The smallest absolute Gasteiger partial charge is 0.410 e. The number of nitrogens with zero attached hydrogens (tertiary/aromatic N) is 7. The minimum atomic E-state index is -1.67. The van der Waals surface area contributed by atoms with E-state index in [1.54, 1.807) is 9.80 Å². The third kappa shape index (κ3) is 3.56. The van der Waals surface area contributed by atoms with Crippen molar-refractivity contribution in [2.24, 2.45) is 4.99 Å². The Bertz CT molecular complexity index is 890. The largest absolute Gasteiger partial charge is 0.444 e. The fourth-order valence-corrected chi connectivity index (χ4v) is 4.00. The molecule has 0 aliphatic carbocycles. The van der Waals surface area contributed by atoms with Crippen molar-refractivity contribution in [1.82, 2.24) is 35.7 Å². The number of tetrazole rings is 1. The summed E-state index contributed by atoms with van der Waals surface area (Å²) in [6.07, 6.45) is 1.37. The SMILES string of the molecule is COC12N=CN(C3CCN(C(=O)OC(C)(C)C)CC3)C1N(c1nn[nH]n1)C(=O)NC2=O. The second-order valence-corrected chi connectivity index (χ2v) is 8.51. The minimum Gasteiger partial charge on any atom is -0.444 e. The lowest BCUT2D eigenvalue weighted by molar-refractivity contribution is -0.148. The van der Waals surface area contributed by atoms with Crippen molar-refractivity contribution in [3.05, 3.63) is 0 Å². The number of carbonyl (C=O) groups excluding carboxylic acids is 3. The van der Waals surface area contributed by atoms with Gasteiger partial charge in [-0.3, -0.25) is 10.1 Å². The van der Waals surface area contributed by atoms with Crippen LogP contribution in [0.1, 0.15) is 33.6 Å². The van der Waals surface area contributed by atoms with Crippen LogP contribution < -0.4 is 10.2 Å². The number of rotatable bonds is 3. The highest BCUT2D eigenvalue weighted by atomic mass is 16.6. The third-order valence-electron chi connectivity index (χ3n) is 5.42. The van der Waals surface area contributed by atoms with E-state index in [0.717, 1.165) is 0 Å². The average Bonchev–Trinajstić information content (AvgIpc) is 3.36. The summed E-state index contributed by atoms with van der Waals surface area (Å²) in [5, 5.41) is 15.8. The van der Waals surface area contributed by atoms with E-state index >= 15 is 0 Å². The number of piperidine rings is 1. The summed E-state index contributed by atoms with van der Waals surface area (Å²) in [7, 11) is 1.35. The molecule has 0 aromatic carbocycles. The maximum atomic E-state index is 12.7. The Morgan fingerprint density at radius 2 is 1.97 bits per heavy atom. The summed E-state index contributed by atoms with van der Waals surface area (Å²) in [6.45, 7) is 6.37. The van der Waals surface area contributed by atoms with E-state index in [4.69, 9.17) is 9.47 Å². The number of fused-ring (bicyclic) bond motifs is 1. The number of amides is 4. The summed E-state index contributed by atoms with van der Waals surface area (Å²) >= 11 is 0. The number of aromatic nitrogens is 4. The molecule has 2 atom stereocenters. The van der Waals surface area contributed by atoms with Crippen molar-refractivity contribution in [2.75, 3.05) is 25.1 Å². The van der Waals surface area contributed by atoms with Crippen LogP contribution in [0.25, 0.3) is 0 Å². The Kier molecular flexibility index (Phi) is 5.03. The van der Waals surface area contributed by atoms with Gasteiger partial charge < -0.3 is 19.3 Å². The Labute approximate surface area is 177 Å². The first-order valence-electron chi connectivity index (χ1n) is 9.90. The molecule has 3 aliphatic rings. The van der Waals surface area contributed by atoms with Crippen LogP contribution in [0.4, 0.5) is 15.5 Å². The molecule has 1 aromatic rings. The summed E-state index contributed by atoms with van der Waals surface area (Å²) < 4.78 is 11.0. The average molecular weight is 435 g/mol. The number of urea groups is 1. The number of carbonyl (C=O) groups is 3. The number of methoxy groups -OCH3 is 1. The second-order valence-electron chi connectivity index (χ2n) is 8.51. The highest BCUT2D eigenvalue weighted by Gasteiger charge is 2.62. The molecule has 0 saturated carbocycles. The molecule has 2 fully saturated rings. The molecular formula is C17H25N9O5. The van der Waals surface area contributed by atoms with Crippen LogP contribution in [0, 0.1) is 0 Å². The molecule has 1 aromatic heterocycles. The van der Waals surface area contributed by atoms with Crippen LogP contribution in [0.2, 0.25) is 0 Å². The molecular weight excluding hydrogens is 410 g/mol. The van der Waals surface area contributed by atoms with Gasteiger partial charge in [0, 0.05) is 26.2 Å². The quantitative estimate of drug-likeness (QED) is 0.648. The standard InChI is InChI=1S/C17H25N9O5/c1-16(2,3)31-15(29)24-7-5-10(6-8-24)25-9-18-17(30-4)11(27)19-14(28)26(12(17)25)13-20-22-23-21-13/h9-10,12H,5-8H2,1-4H3,(H,19,27,28)(H,20,21,22,23). The molecule has 4 amide bonds. The first-order valence-corrected chi connectivity index (χ1v) is 9.90. The normalized spacial score (nSPS) is 26.8. The van der Waals surface area contributed by atoms with Crippen LogP contribution >= 0.6 is 0 Å². The van der Waals surface area contributed by atoms with Crippen molar-refractivity contribution in [1.29, 1.82) is 0 Å². The highest BCUT2D eigenvalue weighted by Crippen LogP contribution is 2.37. The number of hydrogen-bond acceptors (Lipinski definition) is 10. The van der Waals surface area contributed by atoms with Gasteiger partial charge in [-0.25, -0.2) is 19.5 Å². The van der Waals surface area contributed by atoms with Crippen LogP contribution in [-0.4, -0.2) is 98.5 Å². The molecule has 0 radical (unpaired) electrons. The van der Waals surface area contributed by atoms with Gasteiger partial charge in [-0.15, -0.1) is 5.10 Å². The topological polar surface area (TPSA) is 158 Å². The number of imide groups is 1. The lowest BCUT2D eigenvalue weighted by Gasteiger charge is -2.46. The van der Waals surface area contributed by atoms with Gasteiger partial charge in [0.1, 0.15) is 5.60 Å². The van der Waals surface area contributed by atoms with Gasteiger partial charge in [0.05, 0.1) is 6.34 Å². The van der Waals surface area contributed by atoms with Crippen LogP contribution in [-0.2, 0) is 14.3 Å². The number of anilines is 1. The number of likely N-dealkylation sites (tertiary alicyclic amines) is 1. The zero-order valence-electron chi connectivity index (χ0n) is 17.7. The van der Waals surface area contributed by atoms with Crippen molar-refractivity contribution < 1.29 is 23.9 Å². The zero-order chi connectivity index (χ0) is 22.4. The van der Waals surface area contributed by atoms with Crippen molar-refractivity contribution >= 4 is 30.3 Å². The molecule has 14 nitrogen and oxygen atoms in total. The molecule has 2 N–H and O–H groups in total. The lowest BCUT2D eigenvalue weighted by Crippen LogP contribution is -2.73. The van der Waals surface area contributed by atoms with E-state index in [-0.39, 0.29) is 18.1 Å². The number of aliphatic imine (C=N–C) groups is 1. The summed E-state index contributed by atoms with van der Waals surface area (Å²) in [5.74, 6) is -0.687. The molecule has 0 spiro atoms. The molecule has 14 heteroatoms. The fourth-order valence-electron chi connectivity index (χ4n) is 4.00. The maximum Gasteiger partial charge on any atom is 0.410 e. The minimum absolute atomic E-state index is 0.0156. The fraction of sp³-hybridized carbons (Fsp3) is 0.706. The van der Waals surface area contributed by atoms with Crippen LogP contribution in [0.5, 0.6) is 0 Å². The van der Waals surface area contributed by atoms with Crippen LogP contribution in [0.3, 0.4) is 0 Å². The van der Waals surface area contributed by atoms with E-state index in [1.807, 2.05) is 20.8 Å². The first kappa shape index (κ1) is 21.0. The zero-order valence-corrected chi connectivity index (χ0v) is 17.7. The summed E-state index contributed by atoms with van der Waals surface area (Å²) in [4.78, 5) is 46.7. The van der Waals surface area contributed by atoms with Crippen molar-refractivity contribution in [2.45, 2.75) is 57.1 Å². The monoisotopic (exact) mass is 435 g/mol. The number of aromatic amines is 1. The number of hydrogen-bond donors (Lipinski definition) is 2. The van der Waals surface area contributed by atoms with Gasteiger partial charge in [0.25, 0.3) is 17.6 Å². The van der Waals surface area contributed by atoms with E-state index < -0.39 is 29.4 Å². The van der Waals surface area contributed by atoms with Gasteiger partial charge in [-0.05, 0) is 38.8 Å².